The van der Waals surface area contributed by atoms with Gasteiger partial charge in [-0.15, -0.1) is 11.3 Å². The zero-order chi connectivity index (χ0) is 21.0. The zero-order valence-corrected chi connectivity index (χ0v) is 17.4. The first-order chi connectivity index (χ1) is 13.7. The standard InChI is InChI=1S/C17H15ClFN5O3S2/c1-10-20-7-13(28-10)8-23-17(25)15-9-21-12(5-22-15)6-24-29(26,27)16-4-11(18)2-3-14(16)19/h2-5,7,9,24H,6,8H2,1H3,(H,23,25). The molecule has 29 heavy (non-hydrogen) atoms. The molecule has 12 heteroatoms. The molecule has 2 heterocycles. The molecule has 1 aromatic carbocycles. The van der Waals surface area contributed by atoms with Crippen LogP contribution in [0.2, 0.25) is 5.02 Å². The van der Waals surface area contributed by atoms with E-state index in [0.717, 1.165) is 22.0 Å². The Kier molecular flexibility index (Phi) is 6.52. The first kappa shape index (κ1) is 21.2. The lowest BCUT2D eigenvalue weighted by molar-refractivity contribution is 0.0946. The molecule has 0 radical (unpaired) electrons. The minimum Gasteiger partial charge on any atom is -0.346 e. The van der Waals surface area contributed by atoms with Crippen LogP contribution in [-0.4, -0.2) is 29.3 Å². The van der Waals surface area contributed by atoms with Crippen LogP contribution in [0.5, 0.6) is 0 Å². The highest BCUT2D eigenvalue weighted by atomic mass is 35.5. The summed E-state index contributed by atoms with van der Waals surface area (Å²) in [5.41, 5.74) is 0.337. The average molecular weight is 456 g/mol. The SMILES string of the molecule is Cc1ncc(CNC(=O)c2cnc(CNS(=O)(=O)c3cc(Cl)ccc3F)cn2)s1. The van der Waals surface area contributed by atoms with Crippen LogP contribution in [0.25, 0.3) is 0 Å². The number of nitrogens with one attached hydrogen (secondary N) is 2. The van der Waals surface area contributed by atoms with E-state index in [1.807, 2.05) is 6.92 Å². The summed E-state index contributed by atoms with van der Waals surface area (Å²) in [7, 11) is -4.14. The van der Waals surface area contributed by atoms with Gasteiger partial charge in [0.2, 0.25) is 10.0 Å². The number of carbonyl (C=O) groups is 1. The van der Waals surface area contributed by atoms with Crippen LogP contribution in [0, 0.1) is 12.7 Å². The molecule has 0 aliphatic carbocycles. The number of benzene rings is 1. The Morgan fingerprint density at radius 2 is 1.97 bits per heavy atom. The number of thiazole rings is 1. The topological polar surface area (TPSA) is 114 Å². The van der Waals surface area contributed by atoms with Gasteiger partial charge in [0.1, 0.15) is 16.4 Å². The zero-order valence-electron chi connectivity index (χ0n) is 15.0. The number of halogens is 2. The summed E-state index contributed by atoms with van der Waals surface area (Å²) in [6.45, 7) is 1.96. The Hall–Kier alpha value is -2.47. The van der Waals surface area contributed by atoms with Crippen molar-refractivity contribution in [1.29, 1.82) is 0 Å². The van der Waals surface area contributed by atoms with Gasteiger partial charge in [0.25, 0.3) is 5.91 Å². The summed E-state index contributed by atoms with van der Waals surface area (Å²) in [6.07, 6.45) is 4.18. The van der Waals surface area contributed by atoms with Crippen molar-refractivity contribution in [2.24, 2.45) is 0 Å². The van der Waals surface area contributed by atoms with E-state index >= 15 is 0 Å². The Morgan fingerprint density at radius 1 is 1.17 bits per heavy atom. The van der Waals surface area contributed by atoms with Crippen LogP contribution in [0.1, 0.15) is 26.1 Å². The summed E-state index contributed by atoms with van der Waals surface area (Å²) in [6, 6.07) is 3.24. The Labute approximate surface area is 175 Å². The average Bonchev–Trinajstić information content (AvgIpc) is 3.12. The third-order valence-electron chi connectivity index (χ3n) is 3.66. The summed E-state index contributed by atoms with van der Waals surface area (Å²) < 4.78 is 40.5. The van der Waals surface area contributed by atoms with E-state index in [-0.39, 0.29) is 23.0 Å². The van der Waals surface area contributed by atoms with Crippen LogP contribution in [0.15, 0.2) is 41.7 Å². The van der Waals surface area contributed by atoms with E-state index in [0.29, 0.717) is 6.54 Å². The Morgan fingerprint density at radius 3 is 2.62 bits per heavy atom. The molecular weight excluding hydrogens is 441 g/mol. The monoisotopic (exact) mass is 455 g/mol. The maximum atomic E-state index is 13.8. The van der Waals surface area contributed by atoms with Gasteiger partial charge in [-0.3, -0.25) is 9.78 Å². The molecule has 0 fully saturated rings. The molecule has 3 rings (SSSR count). The maximum absolute atomic E-state index is 13.8. The molecule has 1 amide bonds. The van der Waals surface area contributed by atoms with E-state index in [9.17, 15) is 17.6 Å². The number of carbonyl (C=O) groups excluding carboxylic acids is 1. The van der Waals surface area contributed by atoms with E-state index in [2.05, 4.69) is 25.0 Å². The number of nitrogens with zero attached hydrogens (tertiary/aromatic N) is 3. The molecule has 0 aliphatic rings. The van der Waals surface area contributed by atoms with Crippen LogP contribution >= 0.6 is 22.9 Å². The van der Waals surface area contributed by atoms with E-state index in [1.165, 1.54) is 29.8 Å². The van der Waals surface area contributed by atoms with Crippen molar-refractivity contribution in [3.8, 4) is 0 Å². The number of amides is 1. The molecule has 0 spiro atoms. The number of aromatic nitrogens is 3. The molecule has 3 aromatic rings. The smallest absolute Gasteiger partial charge is 0.271 e. The maximum Gasteiger partial charge on any atom is 0.271 e. The van der Waals surface area contributed by atoms with Crippen molar-refractivity contribution in [3.63, 3.8) is 0 Å². The van der Waals surface area contributed by atoms with E-state index in [4.69, 9.17) is 11.6 Å². The van der Waals surface area contributed by atoms with Crippen LogP contribution in [0.3, 0.4) is 0 Å². The number of rotatable bonds is 7. The highest BCUT2D eigenvalue weighted by Gasteiger charge is 2.19. The molecule has 8 nitrogen and oxygen atoms in total. The minimum absolute atomic E-state index is 0.0822. The van der Waals surface area contributed by atoms with Gasteiger partial charge in [-0.1, -0.05) is 11.6 Å². The predicted molar refractivity (Wildman–Crippen MR) is 105 cm³/mol. The third kappa shape index (κ3) is 5.54. The summed E-state index contributed by atoms with van der Waals surface area (Å²) >= 11 is 7.21. The first-order valence-electron chi connectivity index (χ1n) is 8.20. The molecular formula is C17H15ClFN5O3S2. The van der Waals surface area contributed by atoms with E-state index < -0.39 is 26.6 Å². The quantitative estimate of drug-likeness (QED) is 0.565. The van der Waals surface area contributed by atoms with Gasteiger partial charge in [0.05, 0.1) is 36.2 Å². The van der Waals surface area contributed by atoms with Crippen molar-refractivity contribution in [1.82, 2.24) is 25.0 Å². The molecule has 152 valence electrons. The fourth-order valence-corrected chi connectivity index (χ4v) is 4.31. The number of hydrogen-bond acceptors (Lipinski definition) is 7. The van der Waals surface area contributed by atoms with Gasteiger partial charge in [-0.05, 0) is 25.1 Å². The van der Waals surface area contributed by atoms with Gasteiger partial charge in [-0.25, -0.2) is 27.5 Å². The fraction of sp³-hybridized carbons (Fsp3) is 0.176. The van der Waals surface area contributed by atoms with Crippen molar-refractivity contribution >= 4 is 38.9 Å². The first-order valence-corrected chi connectivity index (χ1v) is 10.9. The van der Waals surface area contributed by atoms with Crippen LogP contribution in [0.4, 0.5) is 4.39 Å². The van der Waals surface area contributed by atoms with Crippen molar-refractivity contribution in [2.45, 2.75) is 24.9 Å². The summed E-state index contributed by atoms with van der Waals surface area (Å²) in [5, 5.41) is 3.69. The van der Waals surface area contributed by atoms with Crippen molar-refractivity contribution in [2.75, 3.05) is 0 Å². The molecule has 0 saturated heterocycles. The number of hydrogen-bond donors (Lipinski definition) is 2. The summed E-state index contributed by atoms with van der Waals surface area (Å²) in [4.78, 5) is 24.6. The second-order valence-electron chi connectivity index (χ2n) is 5.82. The lowest BCUT2D eigenvalue weighted by Gasteiger charge is -2.08. The lowest BCUT2D eigenvalue weighted by atomic mass is 10.3. The minimum atomic E-state index is -4.14. The van der Waals surface area contributed by atoms with Gasteiger partial charge >= 0.3 is 0 Å². The predicted octanol–water partition coefficient (Wildman–Crippen LogP) is 2.44. The lowest BCUT2D eigenvalue weighted by Crippen LogP contribution is -2.26. The number of sulfonamides is 1. The fourth-order valence-electron chi connectivity index (χ4n) is 2.24. The highest BCUT2D eigenvalue weighted by Crippen LogP contribution is 2.19. The molecule has 0 aliphatic heterocycles. The Bertz CT molecular complexity index is 1140. The van der Waals surface area contributed by atoms with Gasteiger partial charge < -0.3 is 5.32 Å². The van der Waals surface area contributed by atoms with E-state index in [1.54, 1.807) is 6.20 Å². The Balaban J connectivity index is 1.60. The van der Waals surface area contributed by atoms with Crippen molar-refractivity contribution < 1.29 is 17.6 Å². The second-order valence-corrected chi connectivity index (χ2v) is 9.31. The van der Waals surface area contributed by atoms with Gasteiger partial charge in [-0.2, -0.15) is 0 Å². The molecule has 0 saturated carbocycles. The molecule has 0 bridgehead atoms. The molecule has 0 atom stereocenters. The largest absolute Gasteiger partial charge is 0.346 e. The molecule has 2 aromatic heterocycles. The second kappa shape index (κ2) is 8.91. The normalized spacial score (nSPS) is 11.4. The van der Waals surface area contributed by atoms with Crippen LogP contribution < -0.4 is 10.0 Å². The van der Waals surface area contributed by atoms with Gasteiger partial charge in [0.15, 0.2) is 0 Å². The summed E-state index contributed by atoms with van der Waals surface area (Å²) in [5.74, 6) is -1.34. The molecule has 2 N–H and O–H groups in total. The van der Waals surface area contributed by atoms with Gasteiger partial charge in [0, 0.05) is 16.1 Å². The third-order valence-corrected chi connectivity index (χ3v) is 6.22. The van der Waals surface area contributed by atoms with Crippen LogP contribution in [-0.2, 0) is 23.1 Å². The highest BCUT2D eigenvalue weighted by molar-refractivity contribution is 7.89. The molecule has 0 unspecified atom stereocenters. The number of aryl methyl sites for hydroxylation is 1. The van der Waals surface area contributed by atoms with Crippen molar-refractivity contribution in [3.05, 3.63) is 68.9 Å².